The van der Waals surface area contributed by atoms with Crippen molar-refractivity contribution >= 4 is 60.7 Å². The maximum atomic E-state index is 6.92. The Hall–Kier alpha value is -6.19. The maximum Gasteiger partial charge on any atom is 0.143 e. The average Bonchev–Trinajstić information content (AvgIpc) is 3.55. The molecule has 0 saturated heterocycles. The van der Waals surface area contributed by atoms with Crippen LogP contribution in [0.5, 0.6) is 0 Å². The molecule has 9 aromatic rings. The predicted octanol–water partition coefficient (Wildman–Crippen LogP) is 12.7. The number of rotatable bonds is 3. The van der Waals surface area contributed by atoms with Crippen LogP contribution < -0.4 is 4.90 Å². The Morgan fingerprint density at radius 3 is 1.86 bits per heavy atom. The molecule has 3 nitrogen and oxygen atoms in total. The van der Waals surface area contributed by atoms with E-state index in [1.165, 1.54) is 27.9 Å². The van der Waals surface area contributed by atoms with Gasteiger partial charge < -0.3 is 9.32 Å². The highest BCUT2D eigenvalue weighted by molar-refractivity contribution is 6.30. The highest BCUT2D eigenvalue weighted by Crippen LogP contribution is 2.54. The number of nitrogens with zero attached hydrogens (tertiary/aromatic N) is 2. The second-order valence-corrected chi connectivity index (χ2v) is 13.5. The van der Waals surface area contributed by atoms with Gasteiger partial charge in [0.25, 0.3) is 0 Å². The van der Waals surface area contributed by atoms with Crippen LogP contribution in [0, 0.1) is 0 Å². The lowest BCUT2D eigenvalue weighted by atomic mass is 9.73. The van der Waals surface area contributed by atoms with Crippen LogP contribution in [0.1, 0.15) is 25.0 Å². The van der Waals surface area contributed by atoms with Gasteiger partial charge in [-0.2, -0.15) is 0 Å². The monoisotopic (exact) mass is 628 g/mol. The Balaban J connectivity index is 1.36. The van der Waals surface area contributed by atoms with Gasteiger partial charge in [0.15, 0.2) is 0 Å². The second kappa shape index (κ2) is 10.4. The third-order valence-electron chi connectivity index (χ3n) is 10.4. The van der Waals surface area contributed by atoms with Gasteiger partial charge in [-0.1, -0.05) is 135 Å². The Labute approximate surface area is 284 Å². The molecule has 49 heavy (non-hydrogen) atoms. The molecule has 0 unspecified atom stereocenters. The number of hydrogen-bond acceptors (Lipinski definition) is 3. The lowest BCUT2D eigenvalue weighted by Gasteiger charge is -2.42. The quantitative estimate of drug-likeness (QED) is 0.182. The minimum absolute atomic E-state index is 0.148. The first-order chi connectivity index (χ1) is 24.1. The summed E-state index contributed by atoms with van der Waals surface area (Å²) in [5.74, 6) is 0. The molecule has 0 saturated carbocycles. The van der Waals surface area contributed by atoms with Gasteiger partial charge in [0, 0.05) is 49.0 Å². The molecule has 0 bridgehead atoms. The molecule has 2 aromatic heterocycles. The number of para-hydroxylation sites is 5. The highest BCUT2D eigenvalue weighted by atomic mass is 16.3. The Morgan fingerprint density at radius 1 is 0.510 bits per heavy atom. The van der Waals surface area contributed by atoms with Gasteiger partial charge in [0.05, 0.1) is 28.3 Å². The third kappa shape index (κ3) is 3.99. The minimum Gasteiger partial charge on any atom is -0.455 e. The average molecular weight is 629 g/mol. The van der Waals surface area contributed by atoms with Crippen LogP contribution in [-0.2, 0) is 5.41 Å². The standard InChI is InChI=1S/C46H32N2O/c1-46(2)35-21-9-13-25-39(35)48(40-26-14-10-22-36(40)46)38-24-12-7-18-30(38)33-28-34-42(43-32-20-8-15-27-41(32)49-45(33)43)31-19-6-11-23-37(31)47-44(34)29-16-4-3-5-17-29/h3-28H,1-2H3. The smallest absolute Gasteiger partial charge is 0.143 e. The van der Waals surface area contributed by atoms with Crippen molar-refractivity contribution < 1.29 is 4.42 Å². The summed E-state index contributed by atoms with van der Waals surface area (Å²) in [6, 6.07) is 56.2. The van der Waals surface area contributed by atoms with E-state index in [4.69, 9.17) is 9.40 Å². The van der Waals surface area contributed by atoms with Crippen LogP contribution in [0.3, 0.4) is 0 Å². The lowest BCUT2D eigenvalue weighted by molar-refractivity contribution is 0.632. The van der Waals surface area contributed by atoms with E-state index in [0.29, 0.717) is 0 Å². The van der Waals surface area contributed by atoms with Gasteiger partial charge in [0.1, 0.15) is 11.2 Å². The highest BCUT2D eigenvalue weighted by Gasteiger charge is 2.37. The molecule has 0 atom stereocenters. The van der Waals surface area contributed by atoms with Gasteiger partial charge in [-0.25, -0.2) is 4.98 Å². The van der Waals surface area contributed by atoms with Crippen LogP contribution in [-0.4, -0.2) is 4.98 Å². The third-order valence-corrected chi connectivity index (χ3v) is 10.4. The summed E-state index contributed by atoms with van der Waals surface area (Å²) < 4.78 is 6.92. The van der Waals surface area contributed by atoms with Crippen LogP contribution in [0.15, 0.2) is 162 Å². The first-order valence-electron chi connectivity index (χ1n) is 16.9. The van der Waals surface area contributed by atoms with Crippen molar-refractivity contribution in [1.82, 2.24) is 4.98 Å². The van der Waals surface area contributed by atoms with Crippen molar-refractivity contribution in [2.45, 2.75) is 19.3 Å². The zero-order valence-electron chi connectivity index (χ0n) is 27.3. The fourth-order valence-electron chi connectivity index (χ4n) is 8.17. The van der Waals surface area contributed by atoms with E-state index in [1.807, 2.05) is 0 Å². The zero-order chi connectivity index (χ0) is 32.7. The molecule has 0 N–H and O–H groups in total. The Kier molecular flexibility index (Phi) is 5.92. The first kappa shape index (κ1) is 27.9. The fraction of sp³-hybridized carbons (Fsp3) is 0.0652. The summed E-state index contributed by atoms with van der Waals surface area (Å²) in [5.41, 5.74) is 12.9. The van der Waals surface area contributed by atoms with Crippen molar-refractivity contribution in [2.24, 2.45) is 0 Å². The van der Waals surface area contributed by atoms with Gasteiger partial charge in [-0.05, 0) is 47.5 Å². The molecule has 0 aliphatic carbocycles. The number of anilines is 3. The van der Waals surface area contributed by atoms with Crippen LogP contribution in [0.2, 0.25) is 0 Å². The van der Waals surface area contributed by atoms with Crippen LogP contribution in [0.4, 0.5) is 17.1 Å². The van der Waals surface area contributed by atoms with Crippen molar-refractivity contribution in [3.05, 3.63) is 169 Å². The summed E-state index contributed by atoms with van der Waals surface area (Å²) in [7, 11) is 0. The molecule has 0 amide bonds. The van der Waals surface area contributed by atoms with Gasteiger partial charge in [-0.15, -0.1) is 0 Å². The number of hydrogen-bond donors (Lipinski definition) is 0. The molecule has 0 spiro atoms. The van der Waals surface area contributed by atoms with E-state index in [0.717, 1.165) is 66.3 Å². The molecule has 0 fully saturated rings. The molecule has 3 heterocycles. The van der Waals surface area contributed by atoms with Crippen LogP contribution in [0.25, 0.3) is 66.0 Å². The molecule has 232 valence electrons. The summed E-state index contributed by atoms with van der Waals surface area (Å²) >= 11 is 0. The van der Waals surface area contributed by atoms with Crippen LogP contribution >= 0.6 is 0 Å². The van der Waals surface area contributed by atoms with E-state index in [-0.39, 0.29) is 5.41 Å². The summed E-state index contributed by atoms with van der Waals surface area (Å²) in [6.45, 7) is 4.66. The topological polar surface area (TPSA) is 29.3 Å². The predicted molar refractivity (Wildman–Crippen MR) is 204 cm³/mol. The molecule has 7 aromatic carbocycles. The summed E-state index contributed by atoms with van der Waals surface area (Å²) in [5, 5.41) is 5.62. The molecule has 1 aliphatic heterocycles. The largest absolute Gasteiger partial charge is 0.455 e. The molecule has 3 heteroatoms. The Morgan fingerprint density at radius 2 is 1.10 bits per heavy atom. The summed E-state index contributed by atoms with van der Waals surface area (Å²) in [4.78, 5) is 7.77. The second-order valence-electron chi connectivity index (χ2n) is 13.5. The molecule has 10 rings (SSSR count). The number of fused-ring (bicyclic) bond motifs is 9. The number of aromatic nitrogens is 1. The van der Waals surface area contributed by atoms with E-state index < -0.39 is 0 Å². The normalized spacial score (nSPS) is 13.6. The zero-order valence-corrected chi connectivity index (χ0v) is 27.3. The van der Waals surface area contributed by atoms with Crippen molar-refractivity contribution in [3.63, 3.8) is 0 Å². The van der Waals surface area contributed by atoms with Crippen molar-refractivity contribution in [1.29, 1.82) is 0 Å². The molecular weight excluding hydrogens is 597 g/mol. The fourth-order valence-corrected chi connectivity index (χ4v) is 8.17. The van der Waals surface area contributed by atoms with E-state index in [1.54, 1.807) is 0 Å². The van der Waals surface area contributed by atoms with E-state index in [2.05, 4.69) is 176 Å². The van der Waals surface area contributed by atoms with Gasteiger partial charge in [0.2, 0.25) is 0 Å². The summed E-state index contributed by atoms with van der Waals surface area (Å²) in [6.07, 6.45) is 0. The SMILES string of the molecule is CC1(C)c2ccccc2N(c2ccccc2-c2cc3c(-c4ccccc4)nc4ccccc4c3c3c2oc2ccccc23)c2ccccc21. The number of pyridine rings is 1. The van der Waals surface area contributed by atoms with Gasteiger partial charge in [-0.3, -0.25) is 0 Å². The van der Waals surface area contributed by atoms with E-state index >= 15 is 0 Å². The Bertz CT molecular complexity index is 2710. The molecule has 1 aliphatic rings. The molecular formula is C46H32N2O. The molecule has 0 radical (unpaired) electrons. The van der Waals surface area contributed by atoms with E-state index in [9.17, 15) is 0 Å². The number of benzene rings is 7. The minimum atomic E-state index is -0.148. The van der Waals surface area contributed by atoms with Crippen molar-refractivity contribution in [3.8, 4) is 22.4 Å². The maximum absolute atomic E-state index is 6.92. The number of furan rings is 1. The van der Waals surface area contributed by atoms with Gasteiger partial charge >= 0.3 is 0 Å². The lowest BCUT2D eigenvalue weighted by Crippen LogP contribution is -2.30. The first-order valence-corrected chi connectivity index (χ1v) is 16.9. The van der Waals surface area contributed by atoms with Crippen molar-refractivity contribution in [2.75, 3.05) is 4.90 Å².